The molecule has 3 nitrogen and oxygen atoms in total. The van der Waals surface area contributed by atoms with Crippen LogP contribution in [0.4, 0.5) is 0 Å². The molecule has 0 radical (unpaired) electrons. The van der Waals surface area contributed by atoms with E-state index >= 15 is 0 Å². The van der Waals surface area contributed by atoms with Crippen LogP contribution in [0.15, 0.2) is 0 Å². The normalized spacial score (nSPS) is 14.5. The summed E-state index contributed by atoms with van der Waals surface area (Å²) in [6, 6.07) is 0.0286. The van der Waals surface area contributed by atoms with Gasteiger partial charge in [0.1, 0.15) is 6.29 Å². The molecule has 0 fully saturated rings. The molecule has 0 spiro atoms. The highest BCUT2D eigenvalue weighted by molar-refractivity contribution is 5.51. The van der Waals surface area contributed by atoms with Crippen LogP contribution in [0.25, 0.3) is 0 Å². The Labute approximate surface area is 67.9 Å². The lowest BCUT2D eigenvalue weighted by molar-refractivity contribution is -0.114. The highest BCUT2D eigenvalue weighted by atomic mass is 16.5. The predicted molar refractivity (Wildman–Crippen MR) is 44.4 cm³/mol. The molecule has 0 bridgehead atoms. The molecule has 3 heteroatoms. The van der Waals surface area contributed by atoms with Gasteiger partial charge in [-0.2, -0.15) is 0 Å². The largest absolute Gasteiger partial charge is 0.374 e. The quantitative estimate of drug-likeness (QED) is 0.601. The smallest absolute Gasteiger partial charge is 0.122 e. The number of ether oxygens (including phenoxy) is 1. The second kappa shape index (κ2) is 4.46. The minimum atomic E-state index is -0.366. The summed E-state index contributed by atoms with van der Waals surface area (Å²) in [6.45, 7) is 6.13. The lowest BCUT2D eigenvalue weighted by Crippen LogP contribution is -2.32. The number of carbonyl (C=O) groups excluding carboxylic acids is 1. The Kier molecular flexibility index (Phi) is 4.30. The molecule has 2 N–H and O–H groups in total. The van der Waals surface area contributed by atoms with Crippen molar-refractivity contribution in [2.75, 3.05) is 6.61 Å². The van der Waals surface area contributed by atoms with Crippen LogP contribution >= 0.6 is 0 Å². The topological polar surface area (TPSA) is 52.3 Å². The number of hydrogen-bond acceptors (Lipinski definition) is 3. The van der Waals surface area contributed by atoms with Crippen molar-refractivity contribution in [1.29, 1.82) is 0 Å². The van der Waals surface area contributed by atoms with E-state index < -0.39 is 0 Å². The maximum Gasteiger partial charge on any atom is 0.122 e. The van der Waals surface area contributed by atoms with Gasteiger partial charge in [0.25, 0.3) is 0 Å². The van der Waals surface area contributed by atoms with Crippen LogP contribution in [0, 0.1) is 0 Å². The van der Waals surface area contributed by atoms with Crippen molar-refractivity contribution < 1.29 is 9.53 Å². The molecule has 0 saturated carbocycles. The van der Waals surface area contributed by atoms with Gasteiger partial charge < -0.3 is 15.3 Å². The third-order valence-corrected chi connectivity index (χ3v) is 1.31. The predicted octanol–water partition coefficient (Wildman–Crippen LogP) is 0.718. The molecular formula is C8H17NO2. The molecule has 0 rings (SSSR count). The maximum absolute atomic E-state index is 10.2. The van der Waals surface area contributed by atoms with Gasteiger partial charge in [-0.05, 0) is 20.8 Å². The average Bonchev–Trinajstić information content (AvgIpc) is 1.84. The zero-order valence-electron chi connectivity index (χ0n) is 7.46. The molecule has 66 valence electrons. The molecule has 0 saturated heterocycles. The highest BCUT2D eigenvalue weighted by Gasteiger charge is 2.17. The first-order valence-electron chi connectivity index (χ1n) is 3.81. The van der Waals surface area contributed by atoms with Crippen LogP contribution in [0.2, 0.25) is 0 Å². The standard InChI is InChI=1S/C8H17NO2/c1-7(9)6-11-8(2,3)4-5-10/h5,7H,4,6,9H2,1-3H3. The summed E-state index contributed by atoms with van der Waals surface area (Å²) in [7, 11) is 0. The maximum atomic E-state index is 10.2. The van der Waals surface area contributed by atoms with E-state index in [1.54, 1.807) is 0 Å². The average molecular weight is 159 g/mol. The Balaban J connectivity index is 3.62. The minimum Gasteiger partial charge on any atom is -0.374 e. The van der Waals surface area contributed by atoms with E-state index in [9.17, 15) is 4.79 Å². The fraction of sp³-hybridized carbons (Fsp3) is 0.875. The zero-order valence-corrected chi connectivity index (χ0v) is 7.46. The van der Waals surface area contributed by atoms with Crippen molar-refractivity contribution in [3.8, 4) is 0 Å². The first-order chi connectivity index (χ1) is 4.98. The Morgan fingerprint density at radius 1 is 1.64 bits per heavy atom. The van der Waals surface area contributed by atoms with Crippen LogP contribution in [0.3, 0.4) is 0 Å². The molecule has 0 heterocycles. The van der Waals surface area contributed by atoms with E-state index in [1.165, 1.54) is 0 Å². The van der Waals surface area contributed by atoms with E-state index in [0.29, 0.717) is 13.0 Å². The van der Waals surface area contributed by atoms with Crippen molar-refractivity contribution in [1.82, 2.24) is 0 Å². The van der Waals surface area contributed by atoms with Gasteiger partial charge in [-0.25, -0.2) is 0 Å². The summed E-state index contributed by atoms with van der Waals surface area (Å²) in [4.78, 5) is 10.2. The Hall–Kier alpha value is -0.410. The Bertz CT molecular complexity index is 121. The van der Waals surface area contributed by atoms with Gasteiger partial charge in [0.15, 0.2) is 0 Å². The molecular weight excluding hydrogens is 142 g/mol. The first-order valence-corrected chi connectivity index (χ1v) is 3.81. The van der Waals surface area contributed by atoms with Gasteiger partial charge in [-0.1, -0.05) is 0 Å². The lowest BCUT2D eigenvalue weighted by atomic mass is 10.1. The third-order valence-electron chi connectivity index (χ3n) is 1.31. The SMILES string of the molecule is CC(N)COC(C)(C)CC=O. The molecule has 0 aromatic rings. The number of aldehydes is 1. The second-order valence-electron chi connectivity index (χ2n) is 3.42. The summed E-state index contributed by atoms with van der Waals surface area (Å²) in [5, 5.41) is 0. The van der Waals surface area contributed by atoms with E-state index in [4.69, 9.17) is 10.5 Å². The van der Waals surface area contributed by atoms with E-state index in [2.05, 4.69) is 0 Å². The molecule has 0 aliphatic heterocycles. The van der Waals surface area contributed by atoms with Crippen molar-refractivity contribution in [3.63, 3.8) is 0 Å². The molecule has 1 atom stereocenters. The van der Waals surface area contributed by atoms with Gasteiger partial charge in [-0.15, -0.1) is 0 Å². The van der Waals surface area contributed by atoms with Crippen molar-refractivity contribution in [2.24, 2.45) is 5.73 Å². The monoisotopic (exact) mass is 159 g/mol. The number of nitrogens with two attached hydrogens (primary N) is 1. The number of hydrogen-bond donors (Lipinski definition) is 1. The number of carbonyl (C=O) groups is 1. The second-order valence-corrected chi connectivity index (χ2v) is 3.42. The van der Waals surface area contributed by atoms with Gasteiger partial charge in [0, 0.05) is 12.5 Å². The van der Waals surface area contributed by atoms with Gasteiger partial charge in [0.2, 0.25) is 0 Å². The van der Waals surface area contributed by atoms with Crippen LogP contribution in [-0.2, 0) is 9.53 Å². The fourth-order valence-electron chi connectivity index (χ4n) is 0.617. The van der Waals surface area contributed by atoms with Crippen LogP contribution < -0.4 is 5.73 Å². The summed E-state index contributed by atoms with van der Waals surface area (Å²) in [5.74, 6) is 0. The third kappa shape index (κ3) is 6.01. The van der Waals surface area contributed by atoms with Crippen LogP contribution in [0.1, 0.15) is 27.2 Å². The lowest BCUT2D eigenvalue weighted by Gasteiger charge is -2.23. The van der Waals surface area contributed by atoms with E-state index in [1.807, 2.05) is 20.8 Å². The summed E-state index contributed by atoms with van der Waals surface area (Å²) >= 11 is 0. The van der Waals surface area contributed by atoms with Crippen molar-refractivity contribution in [3.05, 3.63) is 0 Å². The van der Waals surface area contributed by atoms with E-state index in [0.717, 1.165) is 6.29 Å². The minimum absolute atomic E-state index is 0.0286. The summed E-state index contributed by atoms with van der Waals surface area (Å²) in [6.07, 6.45) is 1.28. The molecule has 0 aliphatic rings. The Morgan fingerprint density at radius 2 is 2.18 bits per heavy atom. The van der Waals surface area contributed by atoms with Crippen molar-refractivity contribution in [2.45, 2.75) is 38.8 Å². The molecule has 0 amide bonds. The molecule has 11 heavy (non-hydrogen) atoms. The van der Waals surface area contributed by atoms with Crippen LogP contribution in [0.5, 0.6) is 0 Å². The first kappa shape index (κ1) is 10.6. The molecule has 1 unspecified atom stereocenters. The zero-order chi connectivity index (χ0) is 8.91. The fourth-order valence-corrected chi connectivity index (χ4v) is 0.617. The van der Waals surface area contributed by atoms with Crippen LogP contribution in [-0.4, -0.2) is 24.5 Å². The molecule has 0 aromatic carbocycles. The highest BCUT2D eigenvalue weighted by Crippen LogP contribution is 2.12. The molecule has 0 aromatic heterocycles. The summed E-state index contributed by atoms with van der Waals surface area (Å²) in [5.41, 5.74) is 5.12. The van der Waals surface area contributed by atoms with Gasteiger partial charge in [-0.3, -0.25) is 0 Å². The van der Waals surface area contributed by atoms with E-state index in [-0.39, 0.29) is 11.6 Å². The number of rotatable bonds is 5. The van der Waals surface area contributed by atoms with Crippen molar-refractivity contribution >= 4 is 6.29 Å². The summed E-state index contributed by atoms with van der Waals surface area (Å²) < 4.78 is 5.38. The Morgan fingerprint density at radius 3 is 2.55 bits per heavy atom. The van der Waals surface area contributed by atoms with Gasteiger partial charge >= 0.3 is 0 Å². The molecule has 0 aliphatic carbocycles. The van der Waals surface area contributed by atoms with Gasteiger partial charge in [0.05, 0.1) is 12.2 Å².